The van der Waals surface area contributed by atoms with Crippen molar-refractivity contribution in [3.8, 4) is 0 Å². The molecule has 6 heteroatoms. The van der Waals surface area contributed by atoms with E-state index in [9.17, 15) is 9.59 Å². The summed E-state index contributed by atoms with van der Waals surface area (Å²) in [5.41, 5.74) is 1.34. The summed E-state index contributed by atoms with van der Waals surface area (Å²) in [6, 6.07) is 14.0. The average Bonchev–Trinajstić information content (AvgIpc) is 2.87. The Kier molecular flexibility index (Phi) is 4.91. The van der Waals surface area contributed by atoms with Gasteiger partial charge in [0.05, 0.1) is 15.7 Å². The number of benzene rings is 2. The predicted octanol–water partition coefficient (Wildman–Crippen LogP) is 4.76. The number of carbonyl (C=O) groups excluding carboxylic acids is 2. The minimum Gasteiger partial charge on any atom is -0.461 e. The number of rotatable bonds is 3. The molecule has 0 bridgehead atoms. The number of hydrogen-bond donors (Lipinski definition) is 0. The molecule has 0 amide bonds. The molecular formula is C18H13ClINO3. The van der Waals surface area contributed by atoms with Crippen LogP contribution in [0.3, 0.4) is 0 Å². The van der Waals surface area contributed by atoms with Gasteiger partial charge in [0.2, 0.25) is 0 Å². The smallest absolute Gasteiger partial charge is 0.356 e. The van der Waals surface area contributed by atoms with Crippen LogP contribution >= 0.6 is 34.2 Å². The van der Waals surface area contributed by atoms with Gasteiger partial charge in [-0.3, -0.25) is 9.36 Å². The van der Waals surface area contributed by atoms with Gasteiger partial charge in [0.25, 0.3) is 5.91 Å². The Bertz CT molecular complexity index is 934. The van der Waals surface area contributed by atoms with Crippen LogP contribution in [0, 0.1) is 3.57 Å². The fourth-order valence-electron chi connectivity index (χ4n) is 2.53. The minimum atomic E-state index is -0.529. The van der Waals surface area contributed by atoms with Crippen LogP contribution in [-0.4, -0.2) is 23.1 Å². The first-order valence-corrected chi connectivity index (χ1v) is 8.76. The molecule has 24 heavy (non-hydrogen) atoms. The summed E-state index contributed by atoms with van der Waals surface area (Å²) in [6.45, 7) is 1.96. The topological polar surface area (TPSA) is 48.3 Å². The van der Waals surface area contributed by atoms with Gasteiger partial charge < -0.3 is 4.74 Å². The molecule has 122 valence electrons. The third kappa shape index (κ3) is 2.93. The van der Waals surface area contributed by atoms with Gasteiger partial charge in [-0.2, -0.15) is 0 Å². The van der Waals surface area contributed by atoms with Gasteiger partial charge in [-0.05, 0) is 59.8 Å². The van der Waals surface area contributed by atoms with Gasteiger partial charge >= 0.3 is 5.97 Å². The van der Waals surface area contributed by atoms with Crippen LogP contribution in [0.25, 0.3) is 10.9 Å². The second-order valence-corrected chi connectivity index (χ2v) is 6.57. The summed E-state index contributed by atoms with van der Waals surface area (Å²) in [7, 11) is 0. The monoisotopic (exact) mass is 453 g/mol. The molecule has 0 N–H and O–H groups in total. The number of aromatic nitrogens is 1. The predicted molar refractivity (Wildman–Crippen MR) is 102 cm³/mol. The Balaban J connectivity index is 2.30. The van der Waals surface area contributed by atoms with Crippen molar-refractivity contribution in [3.63, 3.8) is 0 Å². The lowest BCUT2D eigenvalue weighted by Crippen LogP contribution is -2.20. The normalized spacial score (nSPS) is 10.8. The van der Waals surface area contributed by atoms with Crippen molar-refractivity contribution in [2.75, 3.05) is 6.61 Å². The van der Waals surface area contributed by atoms with Crippen LogP contribution < -0.4 is 0 Å². The van der Waals surface area contributed by atoms with E-state index in [1.165, 1.54) is 4.57 Å². The molecule has 0 aliphatic rings. The highest BCUT2D eigenvalue weighted by Gasteiger charge is 2.26. The van der Waals surface area contributed by atoms with Crippen molar-refractivity contribution < 1.29 is 14.3 Å². The van der Waals surface area contributed by atoms with E-state index in [0.717, 1.165) is 5.39 Å². The summed E-state index contributed by atoms with van der Waals surface area (Å²) in [5, 5.41) is 1.29. The van der Waals surface area contributed by atoms with Crippen LogP contribution in [0.1, 0.15) is 27.8 Å². The second-order valence-electron chi connectivity index (χ2n) is 5.05. The summed E-state index contributed by atoms with van der Waals surface area (Å²) < 4.78 is 7.20. The van der Waals surface area contributed by atoms with Crippen molar-refractivity contribution in [2.45, 2.75) is 6.92 Å². The molecule has 0 saturated heterocycles. The fraction of sp³-hybridized carbons (Fsp3) is 0.111. The molecule has 3 rings (SSSR count). The average molecular weight is 454 g/mol. The highest BCUT2D eigenvalue weighted by atomic mass is 127. The maximum Gasteiger partial charge on any atom is 0.356 e. The third-order valence-corrected chi connectivity index (χ3v) is 4.89. The van der Waals surface area contributed by atoms with E-state index >= 15 is 0 Å². The Morgan fingerprint density at radius 2 is 1.88 bits per heavy atom. The Morgan fingerprint density at radius 1 is 1.17 bits per heavy atom. The Morgan fingerprint density at radius 3 is 2.54 bits per heavy atom. The highest BCUT2D eigenvalue weighted by Crippen LogP contribution is 2.31. The SMILES string of the molecule is CCOC(=O)c1c(I)c2cc(Cl)ccc2n1C(=O)c1ccccc1. The molecule has 1 heterocycles. The largest absolute Gasteiger partial charge is 0.461 e. The molecule has 0 atom stereocenters. The van der Waals surface area contributed by atoms with E-state index < -0.39 is 5.97 Å². The molecule has 0 spiro atoms. The number of fused-ring (bicyclic) bond motifs is 1. The van der Waals surface area contributed by atoms with Gasteiger partial charge in [0.1, 0.15) is 5.69 Å². The number of carbonyl (C=O) groups is 2. The van der Waals surface area contributed by atoms with E-state index in [2.05, 4.69) is 22.6 Å². The van der Waals surface area contributed by atoms with E-state index in [1.807, 2.05) is 6.07 Å². The van der Waals surface area contributed by atoms with E-state index in [1.54, 1.807) is 49.4 Å². The molecule has 0 unspecified atom stereocenters. The van der Waals surface area contributed by atoms with E-state index in [0.29, 0.717) is 19.7 Å². The van der Waals surface area contributed by atoms with Crippen molar-refractivity contribution in [1.82, 2.24) is 4.57 Å². The van der Waals surface area contributed by atoms with Crippen molar-refractivity contribution in [1.29, 1.82) is 0 Å². The zero-order chi connectivity index (χ0) is 17.3. The summed E-state index contributed by atoms with van der Waals surface area (Å²) in [5.74, 6) is -0.813. The molecule has 0 fully saturated rings. The molecule has 0 aliphatic carbocycles. The molecule has 0 aliphatic heterocycles. The second kappa shape index (κ2) is 6.94. The number of esters is 1. The van der Waals surface area contributed by atoms with E-state index in [4.69, 9.17) is 16.3 Å². The van der Waals surface area contributed by atoms with Crippen molar-refractivity contribution in [3.05, 3.63) is 68.4 Å². The molecular weight excluding hydrogens is 441 g/mol. The van der Waals surface area contributed by atoms with Crippen LogP contribution in [0.2, 0.25) is 5.02 Å². The Hall–Kier alpha value is -1.86. The van der Waals surface area contributed by atoms with Crippen LogP contribution in [0.15, 0.2) is 48.5 Å². The van der Waals surface area contributed by atoms with Crippen LogP contribution in [0.5, 0.6) is 0 Å². The first-order valence-electron chi connectivity index (χ1n) is 7.31. The van der Waals surface area contributed by atoms with Gasteiger partial charge in [0.15, 0.2) is 0 Å². The molecule has 3 aromatic rings. The molecule has 2 aromatic carbocycles. The van der Waals surface area contributed by atoms with Gasteiger partial charge in [-0.15, -0.1) is 0 Å². The van der Waals surface area contributed by atoms with Crippen molar-refractivity contribution >= 4 is 57.0 Å². The third-order valence-electron chi connectivity index (χ3n) is 3.56. The Labute approximate surface area is 157 Å². The number of ether oxygens (including phenoxy) is 1. The van der Waals surface area contributed by atoms with Crippen LogP contribution in [0.4, 0.5) is 0 Å². The molecule has 0 saturated carbocycles. The maximum absolute atomic E-state index is 13.0. The first-order chi connectivity index (χ1) is 11.5. The first kappa shape index (κ1) is 17.0. The number of halogens is 2. The van der Waals surface area contributed by atoms with Gasteiger partial charge in [-0.25, -0.2) is 4.79 Å². The molecule has 4 nitrogen and oxygen atoms in total. The summed E-state index contributed by atoms with van der Waals surface area (Å²) >= 11 is 8.13. The quantitative estimate of drug-likeness (QED) is 0.424. The molecule has 1 aromatic heterocycles. The highest BCUT2D eigenvalue weighted by molar-refractivity contribution is 14.1. The number of nitrogens with zero attached hydrogens (tertiary/aromatic N) is 1. The standard InChI is InChI=1S/C18H13ClINO3/c1-2-24-18(23)16-15(20)13-10-12(19)8-9-14(13)21(16)17(22)11-6-4-3-5-7-11/h3-10H,2H2,1H3. The summed E-state index contributed by atoms with van der Waals surface area (Å²) in [6.07, 6.45) is 0. The lowest BCUT2D eigenvalue weighted by molar-refractivity contribution is 0.0509. The van der Waals surface area contributed by atoms with Crippen LogP contribution in [-0.2, 0) is 4.74 Å². The van der Waals surface area contributed by atoms with E-state index in [-0.39, 0.29) is 18.2 Å². The number of hydrogen-bond acceptors (Lipinski definition) is 3. The summed E-state index contributed by atoms with van der Waals surface area (Å²) in [4.78, 5) is 25.5. The maximum atomic E-state index is 13.0. The zero-order valence-electron chi connectivity index (χ0n) is 12.8. The van der Waals surface area contributed by atoms with Crippen molar-refractivity contribution in [2.24, 2.45) is 0 Å². The van der Waals surface area contributed by atoms with Gasteiger partial charge in [0, 0.05) is 16.0 Å². The zero-order valence-corrected chi connectivity index (χ0v) is 15.7. The lowest BCUT2D eigenvalue weighted by atomic mass is 10.2. The molecule has 0 radical (unpaired) electrons. The van der Waals surface area contributed by atoms with Gasteiger partial charge in [-0.1, -0.05) is 29.8 Å². The minimum absolute atomic E-state index is 0.226. The lowest BCUT2D eigenvalue weighted by Gasteiger charge is -2.09. The fourth-order valence-corrected chi connectivity index (χ4v) is 3.59.